The topological polar surface area (TPSA) is 153 Å². The number of nitrogens with two attached hydrogens (primary N) is 2. The van der Waals surface area contributed by atoms with Gasteiger partial charge in [0.25, 0.3) is 11.8 Å². The predicted molar refractivity (Wildman–Crippen MR) is 125 cm³/mol. The largest absolute Gasteiger partial charge is 0.497 e. The van der Waals surface area contributed by atoms with Gasteiger partial charge in [0, 0.05) is 23.1 Å². The molecule has 2 aliphatic rings. The van der Waals surface area contributed by atoms with Gasteiger partial charge < -0.3 is 26.4 Å². The van der Waals surface area contributed by atoms with Crippen LogP contribution in [-0.2, 0) is 11.3 Å². The summed E-state index contributed by atoms with van der Waals surface area (Å²) in [6.07, 6.45) is 0. The van der Waals surface area contributed by atoms with Gasteiger partial charge in [0.1, 0.15) is 11.6 Å². The molecule has 1 atom stereocenters. The molecule has 0 bridgehead atoms. The second-order valence-corrected chi connectivity index (χ2v) is 8.12. The number of urea groups is 1. The number of imide groups is 1. The molecule has 0 saturated carbocycles. The third-order valence-corrected chi connectivity index (χ3v) is 5.86. The average molecular weight is 456 g/mol. The van der Waals surface area contributed by atoms with E-state index in [0.717, 1.165) is 10.9 Å². The summed E-state index contributed by atoms with van der Waals surface area (Å²) >= 11 is 0. The minimum absolute atomic E-state index is 0.119. The molecule has 4 amide bonds. The zero-order valence-electron chi connectivity index (χ0n) is 18.1. The van der Waals surface area contributed by atoms with Crippen LogP contribution in [0.1, 0.15) is 21.5 Å². The van der Waals surface area contributed by atoms with E-state index in [1.54, 1.807) is 42.5 Å². The van der Waals surface area contributed by atoms with Crippen molar-refractivity contribution >= 4 is 40.3 Å². The maximum absolute atomic E-state index is 13.0. The molecule has 10 heteroatoms. The lowest BCUT2D eigenvalue weighted by molar-refractivity contribution is -0.122. The Morgan fingerprint density at radius 1 is 1.15 bits per heavy atom. The van der Waals surface area contributed by atoms with Crippen LogP contribution >= 0.6 is 0 Å². The lowest BCUT2D eigenvalue weighted by atomic mass is 9.98. The Hall–Kier alpha value is -4.78. The van der Waals surface area contributed by atoms with E-state index in [9.17, 15) is 14.4 Å². The van der Waals surface area contributed by atoms with E-state index >= 15 is 0 Å². The van der Waals surface area contributed by atoms with Crippen molar-refractivity contribution in [2.24, 2.45) is 0 Å². The number of carbonyl (C=O) groups is 3. The molecule has 10 nitrogen and oxygen atoms in total. The van der Waals surface area contributed by atoms with Crippen molar-refractivity contribution < 1.29 is 19.1 Å². The Balaban J connectivity index is 1.48. The Morgan fingerprint density at radius 2 is 1.97 bits per heavy atom. The molecule has 34 heavy (non-hydrogen) atoms. The van der Waals surface area contributed by atoms with Crippen LogP contribution in [-0.4, -0.2) is 46.9 Å². The Kier molecular flexibility index (Phi) is 4.76. The smallest absolute Gasteiger partial charge is 0.323 e. The number of benzene rings is 2. The van der Waals surface area contributed by atoms with Gasteiger partial charge in [-0.05, 0) is 42.0 Å². The standard InChI is InChI=1S/C24H20N6O4/c1-34-16-4-3-14-11-30(21(31)17(14)10-16)12-24(22(32)28-23(33)29-24)7-6-13-2-5-19-15(8-13)9-18(25)20(26)27-19/h2-5,8-10H,11-12,25H2,1H3,(H2,26,27)(H2,28,29,32,33)/t24-/m1/s1. The number of hydrogen-bond acceptors (Lipinski definition) is 7. The van der Waals surface area contributed by atoms with Gasteiger partial charge in [-0.3, -0.25) is 14.9 Å². The molecule has 2 aliphatic heterocycles. The molecule has 0 spiro atoms. The first kappa shape index (κ1) is 21.1. The fourth-order valence-corrected chi connectivity index (χ4v) is 4.08. The molecule has 1 fully saturated rings. The van der Waals surface area contributed by atoms with Gasteiger partial charge in [-0.1, -0.05) is 17.9 Å². The highest BCUT2D eigenvalue weighted by Crippen LogP contribution is 2.28. The van der Waals surface area contributed by atoms with Crippen LogP contribution in [0.3, 0.4) is 0 Å². The van der Waals surface area contributed by atoms with Crippen LogP contribution in [0.4, 0.5) is 16.3 Å². The van der Waals surface area contributed by atoms with Gasteiger partial charge in [0.15, 0.2) is 0 Å². The van der Waals surface area contributed by atoms with Crippen LogP contribution in [0.5, 0.6) is 5.75 Å². The number of aromatic nitrogens is 1. The van der Waals surface area contributed by atoms with Crippen molar-refractivity contribution in [3.63, 3.8) is 0 Å². The zero-order chi connectivity index (χ0) is 24.0. The summed E-state index contributed by atoms with van der Waals surface area (Å²) in [4.78, 5) is 43.5. The van der Waals surface area contributed by atoms with Crippen LogP contribution in [0.2, 0.25) is 0 Å². The molecule has 170 valence electrons. The van der Waals surface area contributed by atoms with E-state index in [1.807, 2.05) is 0 Å². The number of fused-ring (bicyclic) bond motifs is 2. The third-order valence-electron chi connectivity index (χ3n) is 5.86. The maximum atomic E-state index is 13.0. The summed E-state index contributed by atoms with van der Waals surface area (Å²) < 4.78 is 5.21. The van der Waals surface area contributed by atoms with E-state index in [-0.39, 0.29) is 24.8 Å². The van der Waals surface area contributed by atoms with E-state index in [2.05, 4.69) is 27.5 Å². The van der Waals surface area contributed by atoms with Gasteiger partial charge in [-0.25, -0.2) is 9.78 Å². The number of ether oxygens (including phenoxy) is 1. The van der Waals surface area contributed by atoms with Crippen molar-refractivity contribution in [1.29, 1.82) is 0 Å². The van der Waals surface area contributed by atoms with Gasteiger partial charge in [-0.15, -0.1) is 0 Å². The van der Waals surface area contributed by atoms with Gasteiger partial charge in [0.05, 0.1) is 24.9 Å². The van der Waals surface area contributed by atoms with Crippen molar-refractivity contribution in [3.05, 3.63) is 59.2 Å². The van der Waals surface area contributed by atoms with Crippen LogP contribution in [0, 0.1) is 11.8 Å². The van der Waals surface area contributed by atoms with Gasteiger partial charge in [-0.2, -0.15) is 0 Å². The molecule has 6 N–H and O–H groups in total. The van der Waals surface area contributed by atoms with E-state index in [0.29, 0.717) is 28.1 Å². The van der Waals surface area contributed by atoms with E-state index in [4.69, 9.17) is 16.2 Å². The quantitative estimate of drug-likeness (QED) is 0.339. The van der Waals surface area contributed by atoms with Gasteiger partial charge >= 0.3 is 6.03 Å². The number of carbonyl (C=O) groups excluding carboxylic acids is 3. The van der Waals surface area contributed by atoms with E-state index < -0.39 is 17.5 Å². The summed E-state index contributed by atoms with van der Waals surface area (Å²) in [5.74, 6) is 5.75. The molecule has 5 rings (SSSR count). The molecule has 3 heterocycles. The monoisotopic (exact) mass is 456 g/mol. The van der Waals surface area contributed by atoms with Crippen molar-refractivity contribution in [2.45, 2.75) is 12.1 Å². The first-order chi connectivity index (χ1) is 16.3. The summed E-state index contributed by atoms with van der Waals surface area (Å²) in [5, 5.41) is 5.55. The number of pyridine rings is 1. The normalized spacial score (nSPS) is 18.9. The highest BCUT2D eigenvalue weighted by Gasteiger charge is 2.48. The number of methoxy groups -OCH3 is 1. The SMILES string of the molecule is COc1ccc2c(c1)C(=O)N(C[C@@]1(C#Cc3ccc4nc(N)c(N)cc4c3)NC(=O)NC1=O)C2. The number of rotatable bonds is 3. The fourth-order valence-electron chi connectivity index (χ4n) is 4.08. The van der Waals surface area contributed by atoms with Crippen LogP contribution in [0.15, 0.2) is 42.5 Å². The summed E-state index contributed by atoms with van der Waals surface area (Å²) in [6, 6.07) is 11.5. The second kappa shape index (κ2) is 7.67. The minimum Gasteiger partial charge on any atom is -0.497 e. The van der Waals surface area contributed by atoms with Crippen molar-refractivity contribution in [3.8, 4) is 17.6 Å². The molecule has 0 radical (unpaired) electrons. The molecule has 1 aromatic heterocycles. The summed E-state index contributed by atoms with van der Waals surface area (Å²) in [6.45, 7) is 0.166. The van der Waals surface area contributed by atoms with E-state index in [1.165, 1.54) is 12.0 Å². The second-order valence-electron chi connectivity index (χ2n) is 8.12. The molecule has 1 saturated heterocycles. The highest BCUT2D eigenvalue weighted by molar-refractivity contribution is 6.10. The minimum atomic E-state index is -1.60. The first-order valence-corrected chi connectivity index (χ1v) is 10.4. The molecular weight excluding hydrogens is 436 g/mol. The van der Waals surface area contributed by atoms with Crippen LogP contribution in [0.25, 0.3) is 10.9 Å². The summed E-state index contributed by atoms with van der Waals surface area (Å²) in [5.41, 5.74) is 12.9. The molecule has 0 unspecified atom stereocenters. The van der Waals surface area contributed by atoms with Crippen molar-refractivity contribution in [1.82, 2.24) is 20.5 Å². The lowest BCUT2D eigenvalue weighted by Gasteiger charge is -2.26. The average Bonchev–Trinajstić information content (AvgIpc) is 3.27. The number of nitrogen functional groups attached to an aromatic ring is 2. The predicted octanol–water partition coefficient (Wildman–Crippen LogP) is 0.994. The Bertz CT molecular complexity index is 1460. The molecule has 3 aromatic rings. The zero-order valence-corrected chi connectivity index (χ0v) is 18.1. The number of nitrogens with zero attached hydrogens (tertiary/aromatic N) is 2. The maximum Gasteiger partial charge on any atom is 0.323 e. The fraction of sp³-hybridized carbons (Fsp3) is 0.167. The number of anilines is 2. The van der Waals surface area contributed by atoms with Crippen molar-refractivity contribution in [2.75, 3.05) is 25.1 Å². The molecule has 0 aliphatic carbocycles. The Morgan fingerprint density at radius 3 is 2.71 bits per heavy atom. The lowest BCUT2D eigenvalue weighted by Crippen LogP contribution is -2.54. The summed E-state index contributed by atoms with van der Waals surface area (Å²) in [7, 11) is 1.52. The number of amides is 4. The molecule has 2 aromatic carbocycles. The molecular formula is C24H20N6O4. The highest BCUT2D eigenvalue weighted by atomic mass is 16.5. The third kappa shape index (κ3) is 3.49. The van der Waals surface area contributed by atoms with Crippen LogP contribution < -0.4 is 26.8 Å². The number of nitrogens with one attached hydrogen (secondary N) is 2. The first-order valence-electron chi connectivity index (χ1n) is 10.4. The Labute approximate surface area is 194 Å². The number of hydrogen-bond donors (Lipinski definition) is 4. The van der Waals surface area contributed by atoms with Gasteiger partial charge in [0.2, 0.25) is 5.54 Å².